The number of aliphatic carboxylic acids is 1. The van der Waals surface area contributed by atoms with Crippen LogP contribution >= 0.6 is 0 Å². The van der Waals surface area contributed by atoms with Gasteiger partial charge in [-0.3, -0.25) is 4.79 Å². The quantitative estimate of drug-likeness (QED) is 0.703. The molecule has 1 amide bonds. The Morgan fingerprint density at radius 1 is 1.50 bits per heavy atom. The summed E-state index contributed by atoms with van der Waals surface area (Å²) in [5, 5.41) is 19.7. The average molecular weight is 220 g/mol. The molecule has 1 aliphatic rings. The highest BCUT2D eigenvalue weighted by molar-refractivity contribution is 5.98. The van der Waals surface area contributed by atoms with Crippen LogP contribution in [0.5, 0.6) is 5.75 Å². The lowest BCUT2D eigenvalue weighted by Gasteiger charge is -2.28. The molecular weight excluding hydrogens is 210 g/mol. The number of nitrogens with zero attached hydrogens (tertiary/aromatic N) is 1. The second-order valence-electron chi connectivity index (χ2n) is 3.69. The highest BCUT2D eigenvalue weighted by Crippen LogP contribution is 2.22. The maximum atomic E-state index is 11.8. The number of hydrogen-bond donors (Lipinski definition) is 1. The Bertz CT molecular complexity index is 455. The summed E-state index contributed by atoms with van der Waals surface area (Å²) in [4.78, 5) is 23.5. The van der Waals surface area contributed by atoms with Crippen LogP contribution in [0.15, 0.2) is 18.2 Å². The molecule has 84 valence electrons. The summed E-state index contributed by atoms with van der Waals surface area (Å²) in [7, 11) is 0. The number of carboxylic acids is 1. The zero-order chi connectivity index (χ0) is 11.7. The van der Waals surface area contributed by atoms with Gasteiger partial charge in [0.25, 0.3) is 5.91 Å². The van der Waals surface area contributed by atoms with E-state index in [9.17, 15) is 19.8 Å². The first-order chi connectivity index (χ1) is 7.58. The highest BCUT2D eigenvalue weighted by atomic mass is 16.4. The molecule has 1 aromatic rings. The van der Waals surface area contributed by atoms with Crippen LogP contribution in [0.2, 0.25) is 0 Å². The monoisotopic (exact) mass is 220 g/mol. The van der Waals surface area contributed by atoms with Crippen molar-refractivity contribution in [2.45, 2.75) is 6.42 Å². The topological polar surface area (TPSA) is 80.7 Å². The standard InChI is InChI=1S/C11H11NO4/c13-8-1-2-9-7(5-8)3-4-12(11(9)16)6-10(14)15/h1-2,5,13H,3-4,6H2,(H,14,15)/p-1. The number of benzene rings is 1. The van der Waals surface area contributed by atoms with E-state index in [2.05, 4.69) is 0 Å². The largest absolute Gasteiger partial charge is 0.548 e. The summed E-state index contributed by atoms with van der Waals surface area (Å²) in [5.74, 6) is -1.49. The average Bonchev–Trinajstić information content (AvgIpc) is 2.22. The molecule has 2 rings (SSSR count). The predicted octanol–water partition coefficient (Wildman–Crippen LogP) is -0.860. The molecule has 0 aromatic heterocycles. The van der Waals surface area contributed by atoms with Crippen LogP contribution in [0.25, 0.3) is 0 Å². The fraction of sp³-hybridized carbons (Fsp3) is 0.273. The number of fused-ring (bicyclic) bond motifs is 1. The van der Waals surface area contributed by atoms with Gasteiger partial charge in [-0.1, -0.05) is 0 Å². The number of carbonyl (C=O) groups is 2. The van der Waals surface area contributed by atoms with Gasteiger partial charge in [0.2, 0.25) is 0 Å². The van der Waals surface area contributed by atoms with E-state index in [-0.39, 0.29) is 18.2 Å². The van der Waals surface area contributed by atoms with Crippen LogP contribution in [0.3, 0.4) is 0 Å². The lowest BCUT2D eigenvalue weighted by atomic mass is 9.99. The van der Waals surface area contributed by atoms with Gasteiger partial charge < -0.3 is 19.9 Å². The molecule has 0 atom stereocenters. The number of phenols is 1. The van der Waals surface area contributed by atoms with Gasteiger partial charge in [0.15, 0.2) is 0 Å². The van der Waals surface area contributed by atoms with Gasteiger partial charge in [-0.2, -0.15) is 0 Å². The van der Waals surface area contributed by atoms with Crippen LogP contribution in [0, 0.1) is 0 Å². The third-order valence-corrected chi connectivity index (χ3v) is 2.58. The fourth-order valence-electron chi connectivity index (χ4n) is 1.83. The number of carbonyl (C=O) groups excluding carboxylic acids is 2. The number of amides is 1. The second kappa shape index (κ2) is 3.84. The zero-order valence-corrected chi connectivity index (χ0v) is 8.47. The molecule has 0 fully saturated rings. The third-order valence-electron chi connectivity index (χ3n) is 2.58. The molecule has 1 heterocycles. The van der Waals surface area contributed by atoms with Crippen molar-refractivity contribution in [2.24, 2.45) is 0 Å². The Labute approximate surface area is 91.9 Å². The summed E-state index contributed by atoms with van der Waals surface area (Å²) in [5.41, 5.74) is 1.20. The summed E-state index contributed by atoms with van der Waals surface area (Å²) in [6.45, 7) is -0.0532. The van der Waals surface area contributed by atoms with E-state index in [0.717, 1.165) is 5.56 Å². The van der Waals surface area contributed by atoms with Crippen molar-refractivity contribution in [1.82, 2.24) is 4.90 Å². The van der Waals surface area contributed by atoms with Crippen molar-refractivity contribution in [3.05, 3.63) is 29.3 Å². The van der Waals surface area contributed by atoms with E-state index in [4.69, 9.17) is 0 Å². The van der Waals surface area contributed by atoms with Crippen molar-refractivity contribution in [1.29, 1.82) is 0 Å². The number of phenolic OH excluding ortho intramolecular Hbond substituents is 1. The molecule has 1 aromatic carbocycles. The molecule has 0 saturated heterocycles. The highest BCUT2D eigenvalue weighted by Gasteiger charge is 2.24. The fourth-order valence-corrected chi connectivity index (χ4v) is 1.83. The van der Waals surface area contributed by atoms with Gasteiger partial charge in [-0.25, -0.2) is 0 Å². The molecule has 1 N–H and O–H groups in total. The number of carboxylic acid groups (broad SMARTS) is 1. The third kappa shape index (κ3) is 1.84. The molecule has 5 heteroatoms. The van der Waals surface area contributed by atoms with E-state index >= 15 is 0 Å². The summed E-state index contributed by atoms with van der Waals surface area (Å²) < 4.78 is 0. The van der Waals surface area contributed by atoms with E-state index in [1.807, 2.05) is 0 Å². The molecule has 5 nitrogen and oxygen atoms in total. The van der Waals surface area contributed by atoms with E-state index in [0.29, 0.717) is 18.5 Å². The van der Waals surface area contributed by atoms with Crippen LogP contribution in [-0.2, 0) is 11.2 Å². The van der Waals surface area contributed by atoms with Gasteiger partial charge in [-0.15, -0.1) is 0 Å². The smallest absolute Gasteiger partial charge is 0.254 e. The van der Waals surface area contributed by atoms with Crippen LogP contribution in [-0.4, -0.2) is 35.0 Å². The first-order valence-corrected chi connectivity index (χ1v) is 4.89. The lowest BCUT2D eigenvalue weighted by molar-refractivity contribution is -0.305. The Kier molecular flexibility index (Phi) is 2.52. The molecular formula is C11H10NO4-. The Morgan fingerprint density at radius 3 is 2.94 bits per heavy atom. The molecule has 0 spiro atoms. The van der Waals surface area contributed by atoms with E-state index < -0.39 is 5.97 Å². The molecule has 0 saturated carbocycles. The van der Waals surface area contributed by atoms with Crippen molar-refractivity contribution >= 4 is 11.9 Å². The minimum absolute atomic E-state index is 0.111. The van der Waals surface area contributed by atoms with Gasteiger partial charge in [0, 0.05) is 12.1 Å². The molecule has 1 aliphatic heterocycles. The molecule has 0 bridgehead atoms. The van der Waals surface area contributed by atoms with E-state index in [1.54, 1.807) is 0 Å². The lowest BCUT2D eigenvalue weighted by Crippen LogP contribution is -2.44. The van der Waals surface area contributed by atoms with Crippen molar-refractivity contribution in [3.8, 4) is 5.75 Å². The van der Waals surface area contributed by atoms with Crippen LogP contribution in [0.4, 0.5) is 0 Å². The van der Waals surface area contributed by atoms with Gasteiger partial charge in [-0.05, 0) is 30.2 Å². The van der Waals surface area contributed by atoms with Crippen LogP contribution in [0.1, 0.15) is 15.9 Å². The van der Waals surface area contributed by atoms with Gasteiger partial charge in [0.05, 0.1) is 12.5 Å². The number of hydrogen-bond acceptors (Lipinski definition) is 4. The Morgan fingerprint density at radius 2 is 2.25 bits per heavy atom. The van der Waals surface area contributed by atoms with Gasteiger partial charge >= 0.3 is 0 Å². The SMILES string of the molecule is O=C([O-])CN1CCc2cc(O)ccc2C1=O. The molecule has 0 unspecified atom stereocenters. The number of aromatic hydroxyl groups is 1. The van der Waals surface area contributed by atoms with Crippen LogP contribution < -0.4 is 5.11 Å². The van der Waals surface area contributed by atoms with Crippen molar-refractivity contribution < 1.29 is 19.8 Å². The molecule has 0 aliphatic carbocycles. The Balaban J connectivity index is 2.29. The van der Waals surface area contributed by atoms with Gasteiger partial charge in [0.1, 0.15) is 5.75 Å². The zero-order valence-electron chi connectivity index (χ0n) is 8.47. The maximum absolute atomic E-state index is 11.8. The van der Waals surface area contributed by atoms with E-state index in [1.165, 1.54) is 23.1 Å². The summed E-state index contributed by atoms with van der Waals surface area (Å²) in [6.07, 6.45) is 0.544. The summed E-state index contributed by atoms with van der Waals surface area (Å²) >= 11 is 0. The second-order valence-corrected chi connectivity index (χ2v) is 3.69. The van der Waals surface area contributed by atoms with Crippen molar-refractivity contribution in [2.75, 3.05) is 13.1 Å². The first kappa shape index (κ1) is 10.5. The minimum atomic E-state index is -1.27. The van der Waals surface area contributed by atoms with Crippen molar-refractivity contribution in [3.63, 3.8) is 0 Å². The first-order valence-electron chi connectivity index (χ1n) is 4.89. The number of rotatable bonds is 2. The normalized spacial score (nSPS) is 14.8. The maximum Gasteiger partial charge on any atom is 0.254 e. The Hall–Kier alpha value is -2.04. The molecule has 0 radical (unpaired) electrons. The minimum Gasteiger partial charge on any atom is -0.548 e. The molecule has 16 heavy (non-hydrogen) atoms. The summed E-state index contributed by atoms with van der Waals surface area (Å²) in [6, 6.07) is 4.46. The predicted molar refractivity (Wildman–Crippen MR) is 52.7 cm³/mol.